The molecule has 1 aromatic heterocycles. The summed E-state index contributed by atoms with van der Waals surface area (Å²) in [4.78, 5) is 5.18. The molecule has 0 amide bonds. The molecule has 0 fully saturated rings. The van der Waals surface area contributed by atoms with E-state index in [1.165, 1.54) is 27.7 Å². The van der Waals surface area contributed by atoms with Gasteiger partial charge >= 0.3 is 0 Å². The van der Waals surface area contributed by atoms with Gasteiger partial charge in [0.15, 0.2) is 0 Å². The van der Waals surface area contributed by atoms with E-state index in [0.29, 0.717) is 0 Å². The molecule has 0 aliphatic rings. The Labute approximate surface area is 173 Å². The fourth-order valence-electron chi connectivity index (χ4n) is 4.09. The van der Waals surface area contributed by atoms with E-state index in [1.807, 2.05) is 0 Å². The predicted octanol–water partition coefficient (Wildman–Crippen LogP) is 7.09. The first-order valence-corrected chi connectivity index (χ1v) is 10.5. The molecule has 0 unspecified atom stereocenters. The van der Waals surface area contributed by atoms with E-state index in [-0.39, 0.29) is 0 Å². The average molecular weight is 381 g/mol. The summed E-state index contributed by atoms with van der Waals surface area (Å²) >= 11 is 0. The minimum atomic E-state index is 0.961. The van der Waals surface area contributed by atoms with E-state index in [2.05, 4.69) is 104 Å². The number of aryl methyl sites for hydroxylation is 2. The molecule has 0 saturated carbocycles. The second-order valence-electron chi connectivity index (χ2n) is 7.50. The molecule has 0 saturated heterocycles. The van der Waals surface area contributed by atoms with Gasteiger partial charge < -0.3 is 4.57 Å². The summed E-state index contributed by atoms with van der Waals surface area (Å²) in [6, 6.07) is 27.8. The van der Waals surface area contributed by atoms with Crippen molar-refractivity contribution in [2.75, 3.05) is 0 Å². The number of fused-ring (bicyclic) bond motifs is 1. The third kappa shape index (κ3) is 3.75. The molecule has 0 aliphatic heterocycles. The maximum atomic E-state index is 5.18. The van der Waals surface area contributed by atoms with Crippen LogP contribution in [0.4, 0.5) is 5.69 Å². The van der Waals surface area contributed by atoms with Crippen molar-refractivity contribution in [1.29, 1.82) is 0 Å². The summed E-state index contributed by atoms with van der Waals surface area (Å²) in [6.07, 6.45) is 2.15. The molecule has 2 heteroatoms. The zero-order chi connectivity index (χ0) is 20.2. The number of nitrogens with zero attached hydrogens (tertiary/aromatic N) is 2. The molecule has 4 aromatic rings. The molecule has 0 spiro atoms. The van der Waals surface area contributed by atoms with Gasteiger partial charge in [0, 0.05) is 34.3 Å². The highest BCUT2D eigenvalue weighted by atomic mass is 15.0. The Kier molecular flexibility index (Phi) is 5.62. The molecular formula is C27H28N2. The average Bonchev–Trinajstić information content (AvgIpc) is 3.07. The summed E-state index contributed by atoms with van der Waals surface area (Å²) in [6.45, 7) is 7.55. The largest absolute Gasteiger partial charge is 0.344 e. The van der Waals surface area contributed by atoms with E-state index in [9.17, 15) is 0 Å². The molecule has 146 valence electrons. The van der Waals surface area contributed by atoms with Gasteiger partial charge in [0.1, 0.15) is 0 Å². The van der Waals surface area contributed by atoms with Crippen LogP contribution < -0.4 is 0 Å². The molecular weight excluding hydrogens is 352 g/mol. The number of hydrogen-bond acceptors (Lipinski definition) is 1. The van der Waals surface area contributed by atoms with Gasteiger partial charge in [-0.25, -0.2) is 4.99 Å². The number of hydrogen-bond donors (Lipinski definition) is 0. The van der Waals surface area contributed by atoms with Crippen molar-refractivity contribution in [1.82, 2.24) is 4.57 Å². The summed E-state index contributed by atoms with van der Waals surface area (Å²) in [7, 11) is 0. The molecule has 0 radical (unpaired) electrons. The number of aliphatic imine (C=N–C) groups is 1. The molecule has 3 aromatic carbocycles. The zero-order valence-corrected chi connectivity index (χ0v) is 17.5. The summed E-state index contributed by atoms with van der Waals surface area (Å²) in [5.74, 6) is 0. The van der Waals surface area contributed by atoms with Crippen LogP contribution in [0, 0.1) is 6.92 Å². The second-order valence-corrected chi connectivity index (χ2v) is 7.50. The lowest BCUT2D eigenvalue weighted by atomic mass is 9.97. The SMILES string of the molecule is CCCc1c(C(=Nc2ccc(C)cc2)c2ccccc2)c2ccccc2n1CC. The molecule has 0 bridgehead atoms. The highest BCUT2D eigenvalue weighted by Gasteiger charge is 2.21. The topological polar surface area (TPSA) is 17.3 Å². The van der Waals surface area contributed by atoms with Crippen LogP contribution in [0.1, 0.15) is 42.7 Å². The standard InChI is InChI=1S/C27H28N2/c1-4-11-25-26(23-14-9-10-15-24(23)29(25)5-2)27(21-12-7-6-8-13-21)28-22-18-16-20(3)17-19-22/h6-10,12-19H,4-5,11H2,1-3H3. The Morgan fingerprint density at radius 2 is 1.52 bits per heavy atom. The van der Waals surface area contributed by atoms with Crippen LogP contribution in [0.25, 0.3) is 10.9 Å². The van der Waals surface area contributed by atoms with Gasteiger partial charge in [0.05, 0.1) is 11.4 Å². The Morgan fingerprint density at radius 3 is 2.21 bits per heavy atom. The van der Waals surface area contributed by atoms with Crippen LogP contribution in [0.2, 0.25) is 0 Å². The molecule has 2 nitrogen and oxygen atoms in total. The van der Waals surface area contributed by atoms with Gasteiger partial charge in [-0.2, -0.15) is 0 Å². The first kappa shape index (κ1) is 19.2. The lowest BCUT2D eigenvalue weighted by Crippen LogP contribution is -2.09. The molecule has 0 N–H and O–H groups in total. The van der Waals surface area contributed by atoms with Crippen molar-refractivity contribution < 1.29 is 0 Å². The van der Waals surface area contributed by atoms with Crippen molar-refractivity contribution in [2.24, 2.45) is 4.99 Å². The lowest BCUT2D eigenvalue weighted by molar-refractivity contribution is 0.721. The van der Waals surface area contributed by atoms with Crippen LogP contribution in [-0.4, -0.2) is 10.3 Å². The van der Waals surface area contributed by atoms with Gasteiger partial charge in [-0.3, -0.25) is 0 Å². The summed E-state index contributed by atoms with van der Waals surface area (Å²) < 4.78 is 2.46. The number of aromatic nitrogens is 1. The lowest BCUT2D eigenvalue weighted by Gasteiger charge is -2.12. The van der Waals surface area contributed by atoms with E-state index in [1.54, 1.807) is 0 Å². The van der Waals surface area contributed by atoms with Crippen molar-refractivity contribution >= 4 is 22.3 Å². The van der Waals surface area contributed by atoms with Crippen molar-refractivity contribution in [3.05, 3.63) is 101 Å². The van der Waals surface area contributed by atoms with Gasteiger partial charge in [-0.05, 0) is 38.5 Å². The van der Waals surface area contributed by atoms with Gasteiger partial charge in [-0.1, -0.05) is 79.6 Å². The smallest absolute Gasteiger partial charge is 0.0805 e. The van der Waals surface area contributed by atoms with Gasteiger partial charge in [0.25, 0.3) is 0 Å². The Bertz CT molecular complexity index is 1130. The highest BCUT2D eigenvalue weighted by molar-refractivity contribution is 6.21. The van der Waals surface area contributed by atoms with E-state index in [4.69, 9.17) is 4.99 Å². The fraction of sp³-hybridized carbons (Fsp3) is 0.222. The molecule has 29 heavy (non-hydrogen) atoms. The van der Waals surface area contributed by atoms with E-state index >= 15 is 0 Å². The number of benzene rings is 3. The molecule has 4 rings (SSSR count). The van der Waals surface area contributed by atoms with Crippen LogP contribution in [0.15, 0.2) is 83.9 Å². The first-order valence-electron chi connectivity index (χ1n) is 10.5. The van der Waals surface area contributed by atoms with Crippen LogP contribution >= 0.6 is 0 Å². The summed E-state index contributed by atoms with van der Waals surface area (Å²) in [5, 5.41) is 1.28. The fourth-order valence-corrected chi connectivity index (χ4v) is 4.09. The van der Waals surface area contributed by atoms with E-state index < -0.39 is 0 Å². The van der Waals surface area contributed by atoms with Gasteiger partial charge in [-0.15, -0.1) is 0 Å². The van der Waals surface area contributed by atoms with Crippen LogP contribution in [0.5, 0.6) is 0 Å². The van der Waals surface area contributed by atoms with Crippen LogP contribution in [-0.2, 0) is 13.0 Å². The monoisotopic (exact) mass is 380 g/mol. The van der Waals surface area contributed by atoms with E-state index in [0.717, 1.165) is 36.3 Å². The van der Waals surface area contributed by atoms with Crippen molar-refractivity contribution in [3.8, 4) is 0 Å². The third-order valence-corrected chi connectivity index (χ3v) is 5.44. The highest BCUT2D eigenvalue weighted by Crippen LogP contribution is 2.31. The third-order valence-electron chi connectivity index (χ3n) is 5.44. The number of rotatable bonds is 6. The van der Waals surface area contributed by atoms with Crippen molar-refractivity contribution in [2.45, 2.75) is 40.2 Å². The quantitative estimate of drug-likeness (QED) is 0.318. The zero-order valence-electron chi connectivity index (χ0n) is 17.5. The minimum absolute atomic E-state index is 0.961. The van der Waals surface area contributed by atoms with Gasteiger partial charge in [0.2, 0.25) is 0 Å². The number of para-hydroxylation sites is 1. The summed E-state index contributed by atoms with van der Waals surface area (Å²) in [5.41, 5.74) is 8.40. The second kappa shape index (κ2) is 8.48. The first-order chi connectivity index (χ1) is 14.2. The maximum absolute atomic E-state index is 5.18. The predicted molar refractivity (Wildman–Crippen MR) is 125 cm³/mol. The Balaban J connectivity index is 2.04. The molecule has 0 atom stereocenters. The minimum Gasteiger partial charge on any atom is -0.344 e. The Morgan fingerprint density at radius 1 is 0.828 bits per heavy atom. The van der Waals surface area contributed by atoms with Crippen LogP contribution in [0.3, 0.4) is 0 Å². The Hall–Kier alpha value is -3.13. The normalized spacial score (nSPS) is 11.9. The molecule has 0 aliphatic carbocycles. The molecule has 1 heterocycles. The maximum Gasteiger partial charge on any atom is 0.0805 e. The van der Waals surface area contributed by atoms with Crippen molar-refractivity contribution in [3.63, 3.8) is 0 Å².